The van der Waals surface area contributed by atoms with Crippen molar-refractivity contribution in [2.45, 2.75) is 26.2 Å². The molecule has 2 aromatic rings. The maximum Gasteiger partial charge on any atom is 0.277 e. The van der Waals surface area contributed by atoms with Crippen LogP contribution in [-0.2, 0) is 5.41 Å². The highest BCUT2D eigenvalue weighted by Gasteiger charge is 2.21. The molecule has 5 heteroatoms. The van der Waals surface area contributed by atoms with Crippen LogP contribution in [0.4, 0.5) is 5.69 Å². The molecule has 0 aliphatic rings. The van der Waals surface area contributed by atoms with Gasteiger partial charge in [-0.25, -0.2) is 0 Å². The molecule has 0 saturated carbocycles. The summed E-state index contributed by atoms with van der Waals surface area (Å²) in [5.74, 6) is 0. The van der Waals surface area contributed by atoms with E-state index in [9.17, 15) is 10.1 Å². The molecule has 0 saturated heterocycles. The van der Waals surface area contributed by atoms with Crippen molar-refractivity contribution in [2.75, 3.05) is 0 Å². The zero-order valence-corrected chi connectivity index (χ0v) is 10.6. The highest BCUT2D eigenvalue weighted by atomic mass is 16.6. The first-order chi connectivity index (χ1) is 8.39. The molecule has 0 amide bonds. The normalized spacial score (nSPS) is 11.5. The second kappa shape index (κ2) is 4.25. The summed E-state index contributed by atoms with van der Waals surface area (Å²) in [5.41, 5.74) is 2.26. The highest BCUT2D eigenvalue weighted by Crippen LogP contribution is 2.33. The number of H-pyrrole nitrogens is 1. The van der Waals surface area contributed by atoms with Gasteiger partial charge in [0.05, 0.1) is 16.7 Å². The molecule has 0 atom stereocenters. The lowest BCUT2D eigenvalue weighted by molar-refractivity contribution is -0.384. The molecule has 0 unspecified atom stereocenters. The number of nitrogens with zero attached hydrogens (tertiary/aromatic N) is 2. The average Bonchev–Trinajstić information content (AvgIpc) is 2.80. The standard InChI is InChI=1S/C13H15N3O2/c1-13(2,3)10-4-5-11(9-7-14-15-8-9)12(6-10)16(17)18/h4-8H,1-3H3,(H,14,15). The highest BCUT2D eigenvalue weighted by molar-refractivity contribution is 5.73. The molecule has 2 rings (SSSR count). The molecule has 1 N–H and O–H groups in total. The molecule has 0 aliphatic heterocycles. The third kappa shape index (κ3) is 2.25. The Morgan fingerprint density at radius 3 is 2.56 bits per heavy atom. The molecule has 0 aliphatic carbocycles. The minimum Gasteiger partial charge on any atom is -0.285 e. The van der Waals surface area contributed by atoms with Gasteiger partial charge >= 0.3 is 0 Å². The van der Waals surface area contributed by atoms with Crippen LogP contribution >= 0.6 is 0 Å². The number of nitrogens with one attached hydrogen (secondary N) is 1. The van der Waals surface area contributed by atoms with Crippen LogP contribution in [0.2, 0.25) is 0 Å². The summed E-state index contributed by atoms with van der Waals surface area (Å²) >= 11 is 0. The number of nitro groups is 1. The Labute approximate surface area is 105 Å². The van der Waals surface area contributed by atoms with E-state index in [2.05, 4.69) is 10.2 Å². The van der Waals surface area contributed by atoms with Gasteiger partial charge in [-0.1, -0.05) is 26.8 Å². The molecule has 5 nitrogen and oxygen atoms in total. The monoisotopic (exact) mass is 245 g/mol. The lowest BCUT2D eigenvalue weighted by Crippen LogP contribution is -2.11. The van der Waals surface area contributed by atoms with E-state index in [-0.39, 0.29) is 16.0 Å². The van der Waals surface area contributed by atoms with Crippen molar-refractivity contribution >= 4 is 5.69 Å². The Bertz CT molecular complexity index is 568. The van der Waals surface area contributed by atoms with E-state index in [1.165, 1.54) is 0 Å². The van der Waals surface area contributed by atoms with Gasteiger partial charge in [-0.3, -0.25) is 15.2 Å². The summed E-state index contributed by atoms with van der Waals surface area (Å²) < 4.78 is 0. The van der Waals surface area contributed by atoms with E-state index in [1.807, 2.05) is 26.8 Å². The van der Waals surface area contributed by atoms with E-state index < -0.39 is 0 Å². The topological polar surface area (TPSA) is 71.8 Å². The molecule has 1 heterocycles. The van der Waals surface area contributed by atoms with Crippen LogP contribution in [0.3, 0.4) is 0 Å². The van der Waals surface area contributed by atoms with Crippen LogP contribution in [0.5, 0.6) is 0 Å². The Balaban J connectivity index is 2.59. The molecule has 18 heavy (non-hydrogen) atoms. The van der Waals surface area contributed by atoms with Gasteiger partial charge in [-0.2, -0.15) is 5.10 Å². The SMILES string of the molecule is CC(C)(C)c1ccc(-c2cn[nH]c2)c([N+](=O)[O-])c1. The second-order valence-electron chi connectivity index (χ2n) is 5.23. The lowest BCUT2D eigenvalue weighted by Gasteiger charge is -2.19. The third-order valence-electron chi connectivity index (χ3n) is 2.87. The first kappa shape index (κ1) is 12.3. The van der Waals surface area contributed by atoms with Gasteiger partial charge in [0, 0.05) is 17.8 Å². The van der Waals surface area contributed by atoms with Crippen molar-refractivity contribution in [3.05, 3.63) is 46.3 Å². The zero-order chi connectivity index (χ0) is 13.3. The molecule has 0 spiro atoms. The smallest absolute Gasteiger partial charge is 0.277 e. The summed E-state index contributed by atoms with van der Waals surface area (Å²) in [7, 11) is 0. The van der Waals surface area contributed by atoms with Crippen LogP contribution < -0.4 is 0 Å². The summed E-state index contributed by atoms with van der Waals surface area (Å²) in [6.45, 7) is 6.09. The average molecular weight is 245 g/mol. The molecule has 0 radical (unpaired) electrons. The van der Waals surface area contributed by atoms with Gasteiger partial charge in [0.25, 0.3) is 5.69 Å². The summed E-state index contributed by atoms with van der Waals surface area (Å²) in [5, 5.41) is 17.7. The first-order valence-electron chi connectivity index (χ1n) is 5.67. The predicted molar refractivity (Wildman–Crippen MR) is 69.4 cm³/mol. The van der Waals surface area contributed by atoms with Crippen LogP contribution in [0.15, 0.2) is 30.6 Å². The Kier molecular flexibility index (Phi) is 2.90. The predicted octanol–water partition coefficient (Wildman–Crippen LogP) is 3.28. The minimum absolute atomic E-state index is 0.111. The number of hydrogen-bond acceptors (Lipinski definition) is 3. The van der Waals surface area contributed by atoms with Crippen LogP contribution in [0, 0.1) is 10.1 Å². The molecule has 1 aromatic carbocycles. The fraction of sp³-hybridized carbons (Fsp3) is 0.308. The lowest BCUT2D eigenvalue weighted by atomic mass is 9.86. The van der Waals surface area contributed by atoms with E-state index >= 15 is 0 Å². The number of aromatic amines is 1. The quantitative estimate of drug-likeness (QED) is 0.651. The van der Waals surface area contributed by atoms with Crippen molar-refractivity contribution in [3.8, 4) is 11.1 Å². The van der Waals surface area contributed by atoms with Crippen molar-refractivity contribution < 1.29 is 4.92 Å². The Morgan fingerprint density at radius 2 is 2.06 bits per heavy atom. The summed E-state index contributed by atoms with van der Waals surface area (Å²) in [4.78, 5) is 10.8. The van der Waals surface area contributed by atoms with Gasteiger partial charge in [0.15, 0.2) is 0 Å². The van der Waals surface area contributed by atoms with Gasteiger partial charge in [-0.05, 0) is 17.0 Å². The largest absolute Gasteiger partial charge is 0.285 e. The number of hydrogen-bond donors (Lipinski definition) is 1. The summed E-state index contributed by atoms with van der Waals surface area (Å²) in [6.07, 6.45) is 3.23. The van der Waals surface area contributed by atoms with Crippen molar-refractivity contribution in [1.29, 1.82) is 0 Å². The fourth-order valence-electron chi connectivity index (χ4n) is 1.79. The number of rotatable bonds is 2. The maximum atomic E-state index is 11.2. The van der Waals surface area contributed by atoms with Crippen molar-refractivity contribution in [3.63, 3.8) is 0 Å². The third-order valence-corrected chi connectivity index (χ3v) is 2.87. The second-order valence-corrected chi connectivity index (χ2v) is 5.23. The van der Waals surface area contributed by atoms with Gasteiger partial charge in [0.2, 0.25) is 0 Å². The van der Waals surface area contributed by atoms with Crippen LogP contribution in [-0.4, -0.2) is 15.1 Å². The molecular weight excluding hydrogens is 230 g/mol. The Hall–Kier alpha value is -2.17. The molecule has 1 aromatic heterocycles. The first-order valence-corrected chi connectivity index (χ1v) is 5.67. The molecule has 0 fully saturated rings. The van der Waals surface area contributed by atoms with E-state index in [1.54, 1.807) is 24.5 Å². The van der Waals surface area contributed by atoms with Crippen LogP contribution in [0.1, 0.15) is 26.3 Å². The number of nitro benzene ring substituents is 1. The van der Waals surface area contributed by atoms with E-state index in [0.717, 1.165) is 11.1 Å². The molecule has 94 valence electrons. The van der Waals surface area contributed by atoms with Gasteiger partial charge in [0.1, 0.15) is 0 Å². The Morgan fingerprint density at radius 1 is 1.33 bits per heavy atom. The molecular formula is C13H15N3O2. The van der Waals surface area contributed by atoms with E-state index in [4.69, 9.17) is 0 Å². The minimum atomic E-state index is -0.350. The van der Waals surface area contributed by atoms with E-state index in [0.29, 0.717) is 5.56 Å². The van der Waals surface area contributed by atoms with Crippen molar-refractivity contribution in [1.82, 2.24) is 10.2 Å². The fourth-order valence-corrected chi connectivity index (χ4v) is 1.79. The zero-order valence-electron chi connectivity index (χ0n) is 10.6. The van der Waals surface area contributed by atoms with Gasteiger partial charge < -0.3 is 0 Å². The van der Waals surface area contributed by atoms with Crippen LogP contribution in [0.25, 0.3) is 11.1 Å². The number of aromatic nitrogens is 2. The summed E-state index contributed by atoms with van der Waals surface area (Å²) in [6, 6.07) is 5.35. The maximum absolute atomic E-state index is 11.2. The van der Waals surface area contributed by atoms with Gasteiger partial charge in [-0.15, -0.1) is 0 Å². The number of benzene rings is 1. The van der Waals surface area contributed by atoms with Crippen molar-refractivity contribution in [2.24, 2.45) is 0 Å². The molecule has 0 bridgehead atoms.